The van der Waals surface area contributed by atoms with Gasteiger partial charge in [0, 0.05) is 10.8 Å². The maximum Gasteiger partial charge on any atom is 0.236 e. The summed E-state index contributed by atoms with van der Waals surface area (Å²) >= 11 is 9.42. The van der Waals surface area contributed by atoms with Gasteiger partial charge in [-0.15, -0.1) is 23.1 Å². The van der Waals surface area contributed by atoms with Gasteiger partial charge in [-0.2, -0.15) is 4.98 Å². The molecule has 0 fully saturated rings. The Morgan fingerprint density at radius 2 is 2.05 bits per heavy atom. The Bertz CT molecular complexity index is 682. The maximum absolute atomic E-state index is 6.11. The molecule has 0 spiro atoms. The van der Waals surface area contributed by atoms with Crippen LogP contribution in [0.25, 0.3) is 10.7 Å². The summed E-state index contributed by atoms with van der Waals surface area (Å²) in [5.74, 6) is 2.82. The first-order valence-electron chi connectivity index (χ1n) is 6.00. The van der Waals surface area contributed by atoms with Gasteiger partial charge in [0.25, 0.3) is 0 Å². The summed E-state index contributed by atoms with van der Waals surface area (Å²) in [5, 5.41) is 6.78. The summed E-state index contributed by atoms with van der Waals surface area (Å²) in [4.78, 5) is 5.41. The number of rotatable bonds is 5. The number of benzene rings is 1. The van der Waals surface area contributed by atoms with Gasteiger partial charge in [0.15, 0.2) is 0 Å². The number of aromatic nitrogens is 2. The van der Waals surface area contributed by atoms with E-state index < -0.39 is 0 Å². The summed E-state index contributed by atoms with van der Waals surface area (Å²) in [6.07, 6.45) is 0. The summed E-state index contributed by atoms with van der Waals surface area (Å²) in [7, 11) is 0. The van der Waals surface area contributed by atoms with Crippen molar-refractivity contribution in [2.45, 2.75) is 11.5 Å². The van der Waals surface area contributed by atoms with Crippen LogP contribution >= 0.6 is 34.7 Å². The van der Waals surface area contributed by atoms with Gasteiger partial charge in [-0.25, -0.2) is 0 Å². The van der Waals surface area contributed by atoms with Crippen LogP contribution in [0.2, 0.25) is 5.02 Å². The van der Waals surface area contributed by atoms with Crippen molar-refractivity contribution < 1.29 is 4.52 Å². The SMILES string of the molecule is Clc1ccccc1CSCc1nc(-c2cccs2)no1. The second-order valence-electron chi connectivity index (χ2n) is 4.07. The zero-order valence-electron chi connectivity index (χ0n) is 10.5. The molecule has 0 radical (unpaired) electrons. The highest BCUT2D eigenvalue weighted by molar-refractivity contribution is 7.97. The van der Waals surface area contributed by atoms with Crippen LogP contribution in [0.3, 0.4) is 0 Å². The van der Waals surface area contributed by atoms with Gasteiger partial charge < -0.3 is 4.52 Å². The van der Waals surface area contributed by atoms with E-state index in [1.54, 1.807) is 23.1 Å². The van der Waals surface area contributed by atoms with Gasteiger partial charge in [0.1, 0.15) is 0 Å². The molecule has 1 aromatic carbocycles. The van der Waals surface area contributed by atoms with Crippen molar-refractivity contribution in [3.63, 3.8) is 0 Å². The van der Waals surface area contributed by atoms with Crippen molar-refractivity contribution in [1.29, 1.82) is 0 Å². The Morgan fingerprint density at radius 3 is 2.85 bits per heavy atom. The molecular formula is C14H11ClN2OS2. The average molecular weight is 323 g/mol. The second-order valence-corrected chi connectivity index (χ2v) is 6.41. The molecule has 0 saturated carbocycles. The predicted molar refractivity (Wildman–Crippen MR) is 84.1 cm³/mol. The zero-order valence-corrected chi connectivity index (χ0v) is 12.8. The van der Waals surface area contributed by atoms with Crippen LogP contribution in [0.4, 0.5) is 0 Å². The fourth-order valence-electron chi connectivity index (χ4n) is 1.68. The van der Waals surface area contributed by atoms with Crippen LogP contribution in [0.5, 0.6) is 0 Å². The zero-order chi connectivity index (χ0) is 13.8. The fourth-order valence-corrected chi connectivity index (χ4v) is 3.48. The molecule has 0 aliphatic carbocycles. The summed E-state index contributed by atoms with van der Waals surface area (Å²) < 4.78 is 5.25. The molecule has 0 bridgehead atoms. The van der Waals surface area contributed by atoms with E-state index in [1.165, 1.54) is 0 Å². The molecule has 3 nitrogen and oxygen atoms in total. The van der Waals surface area contributed by atoms with Crippen molar-refractivity contribution in [3.8, 4) is 10.7 Å². The molecule has 0 unspecified atom stereocenters. The quantitative estimate of drug-likeness (QED) is 0.670. The molecule has 2 aromatic heterocycles. The van der Waals surface area contributed by atoms with Crippen LogP contribution in [0, 0.1) is 0 Å². The standard InChI is InChI=1S/C14H11ClN2OS2/c15-11-5-2-1-4-10(11)8-19-9-13-16-14(17-18-13)12-6-3-7-20-12/h1-7H,8-9H2. The van der Waals surface area contributed by atoms with Gasteiger partial charge >= 0.3 is 0 Å². The monoisotopic (exact) mass is 322 g/mol. The predicted octanol–water partition coefficient (Wildman–Crippen LogP) is 4.88. The Kier molecular flexibility index (Phi) is 4.40. The van der Waals surface area contributed by atoms with E-state index in [0.29, 0.717) is 17.5 Å². The number of halogens is 1. The fraction of sp³-hybridized carbons (Fsp3) is 0.143. The molecule has 2 heterocycles. The molecule has 0 aliphatic rings. The smallest absolute Gasteiger partial charge is 0.236 e. The highest BCUT2D eigenvalue weighted by atomic mass is 35.5. The van der Waals surface area contributed by atoms with Crippen molar-refractivity contribution in [3.05, 3.63) is 58.3 Å². The van der Waals surface area contributed by atoms with E-state index in [9.17, 15) is 0 Å². The van der Waals surface area contributed by atoms with Gasteiger partial charge in [-0.1, -0.05) is 41.0 Å². The third kappa shape index (κ3) is 3.23. The third-order valence-electron chi connectivity index (χ3n) is 2.65. The van der Waals surface area contributed by atoms with Gasteiger partial charge in [-0.3, -0.25) is 0 Å². The lowest BCUT2D eigenvalue weighted by Gasteiger charge is -2.01. The Hall–Kier alpha value is -1.30. The van der Waals surface area contributed by atoms with Gasteiger partial charge in [0.2, 0.25) is 11.7 Å². The first-order valence-corrected chi connectivity index (χ1v) is 8.42. The second kappa shape index (κ2) is 6.43. The van der Waals surface area contributed by atoms with E-state index in [0.717, 1.165) is 21.2 Å². The highest BCUT2D eigenvalue weighted by Gasteiger charge is 2.09. The third-order valence-corrected chi connectivity index (χ3v) is 4.85. The lowest BCUT2D eigenvalue weighted by molar-refractivity contribution is 0.392. The Balaban J connectivity index is 1.58. The molecule has 0 saturated heterocycles. The van der Waals surface area contributed by atoms with Crippen LogP contribution in [0.15, 0.2) is 46.3 Å². The molecule has 3 rings (SSSR count). The lowest BCUT2D eigenvalue weighted by atomic mass is 10.2. The van der Waals surface area contributed by atoms with Crippen molar-refractivity contribution in [2.24, 2.45) is 0 Å². The highest BCUT2D eigenvalue weighted by Crippen LogP contribution is 2.25. The van der Waals surface area contributed by atoms with Crippen molar-refractivity contribution >= 4 is 34.7 Å². The molecule has 0 N–H and O–H groups in total. The number of thiophene rings is 1. The number of hydrogen-bond donors (Lipinski definition) is 0. The molecule has 6 heteroatoms. The lowest BCUT2D eigenvalue weighted by Crippen LogP contribution is -1.85. The van der Waals surface area contributed by atoms with Gasteiger partial charge in [0.05, 0.1) is 10.6 Å². The molecule has 0 atom stereocenters. The van der Waals surface area contributed by atoms with Crippen molar-refractivity contribution in [2.75, 3.05) is 0 Å². The number of thioether (sulfide) groups is 1. The van der Waals surface area contributed by atoms with E-state index in [2.05, 4.69) is 10.1 Å². The minimum atomic E-state index is 0.644. The topological polar surface area (TPSA) is 38.9 Å². The minimum Gasteiger partial charge on any atom is -0.338 e. The molecule has 3 aromatic rings. The Morgan fingerprint density at radius 1 is 1.15 bits per heavy atom. The van der Waals surface area contributed by atoms with E-state index >= 15 is 0 Å². The van der Waals surface area contributed by atoms with Gasteiger partial charge in [-0.05, 0) is 23.1 Å². The van der Waals surface area contributed by atoms with Crippen LogP contribution in [-0.4, -0.2) is 10.1 Å². The van der Waals surface area contributed by atoms with Crippen molar-refractivity contribution in [1.82, 2.24) is 10.1 Å². The first-order chi connectivity index (χ1) is 9.83. The molecule has 0 aliphatic heterocycles. The Labute approximate surface area is 130 Å². The van der Waals surface area contributed by atoms with E-state index in [4.69, 9.17) is 16.1 Å². The maximum atomic E-state index is 6.11. The molecule has 102 valence electrons. The van der Waals surface area contributed by atoms with Crippen LogP contribution in [0.1, 0.15) is 11.5 Å². The summed E-state index contributed by atoms with van der Waals surface area (Å²) in [5.41, 5.74) is 1.12. The summed E-state index contributed by atoms with van der Waals surface area (Å²) in [6, 6.07) is 11.8. The van der Waals surface area contributed by atoms with E-state index in [1.807, 2.05) is 41.8 Å². The van der Waals surface area contributed by atoms with Crippen LogP contribution < -0.4 is 0 Å². The largest absolute Gasteiger partial charge is 0.338 e. The average Bonchev–Trinajstić information content (AvgIpc) is 3.11. The summed E-state index contributed by atoms with van der Waals surface area (Å²) in [6.45, 7) is 0. The first kappa shape index (κ1) is 13.7. The minimum absolute atomic E-state index is 0.644. The normalized spacial score (nSPS) is 10.8. The molecule has 0 amide bonds. The van der Waals surface area contributed by atoms with Crippen LogP contribution in [-0.2, 0) is 11.5 Å². The molecule has 20 heavy (non-hydrogen) atoms. The molecular weight excluding hydrogens is 312 g/mol. The van der Waals surface area contributed by atoms with E-state index in [-0.39, 0.29) is 0 Å². The number of hydrogen-bond acceptors (Lipinski definition) is 5. The number of nitrogens with zero attached hydrogens (tertiary/aromatic N) is 2.